The predicted octanol–water partition coefficient (Wildman–Crippen LogP) is 4.15. The van der Waals surface area contributed by atoms with Crippen molar-refractivity contribution in [3.63, 3.8) is 0 Å². The van der Waals surface area contributed by atoms with Crippen LogP contribution >= 0.6 is 0 Å². The molecule has 26 heavy (non-hydrogen) atoms. The van der Waals surface area contributed by atoms with Gasteiger partial charge in [-0.25, -0.2) is 0 Å². The summed E-state index contributed by atoms with van der Waals surface area (Å²) >= 11 is 0. The van der Waals surface area contributed by atoms with Gasteiger partial charge in [0.05, 0.1) is 11.5 Å². The van der Waals surface area contributed by atoms with Gasteiger partial charge in [0.2, 0.25) is 5.91 Å². The number of fused-ring (bicyclic) bond motifs is 1. The molecule has 1 N–H and O–H groups in total. The molecule has 0 bridgehead atoms. The van der Waals surface area contributed by atoms with Gasteiger partial charge < -0.3 is 14.8 Å². The van der Waals surface area contributed by atoms with E-state index < -0.39 is 5.41 Å². The highest BCUT2D eigenvalue weighted by molar-refractivity contribution is 5.89. The second-order valence-electron chi connectivity index (χ2n) is 7.25. The quantitative estimate of drug-likeness (QED) is 0.900. The molecule has 4 rings (SSSR count). The summed E-state index contributed by atoms with van der Waals surface area (Å²) in [5.74, 6) is 1.64. The van der Waals surface area contributed by atoms with E-state index >= 15 is 0 Å². The van der Waals surface area contributed by atoms with Crippen LogP contribution in [0.2, 0.25) is 0 Å². The molecule has 2 aliphatic rings. The third kappa shape index (κ3) is 3.05. The zero-order chi connectivity index (χ0) is 18.0. The number of carbonyl (C=O) groups excluding carboxylic acids is 1. The van der Waals surface area contributed by atoms with Crippen LogP contribution in [-0.4, -0.2) is 19.1 Å². The standard InChI is InChI=1S/C22H25NO3/c1-16(17-7-3-2-4-8-17)23-21(24)22(11-5-6-12-22)18-9-10-19-20(15-18)26-14-13-25-19/h2-4,7-10,15-16H,5-6,11-14H2,1H3,(H,23,24)/t16-/m1/s1. The van der Waals surface area contributed by atoms with Crippen LogP contribution in [0.5, 0.6) is 11.5 Å². The highest BCUT2D eigenvalue weighted by Gasteiger charge is 2.43. The summed E-state index contributed by atoms with van der Waals surface area (Å²) in [6, 6.07) is 16.1. The van der Waals surface area contributed by atoms with Crippen LogP contribution in [0, 0.1) is 0 Å². The molecular weight excluding hydrogens is 326 g/mol. The van der Waals surface area contributed by atoms with Crippen LogP contribution in [0.25, 0.3) is 0 Å². The van der Waals surface area contributed by atoms with E-state index in [1.165, 1.54) is 0 Å². The summed E-state index contributed by atoms with van der Waals surface area (Å²) in [6.07, 6.45) is 3.89. The van der Waals surface area contributed by atoms with Crippen LogP contribution < -0.4 is 14.8 Å². The van der Waals surface area contributed by atoms with Gasteiger partial charge in [-0.3, -0.25) is 4.79 Å². The lowest BCUT2D eigenvalue weighted by Crippen LogP contribution is -2.43. The van der Waals surface area contributed by atoms with Crippen LogP contribution in [0.15, 0.2) is 48.5 Å². The maximum Gasteiger partial charge on any atom is 0.231 e. The number of nitrogens with one attached hydrogen (secondary N) is 1. The second kappa shape index (κ2) is 7.02. The lowest BCUT2D eigenvalue weighted by Gasteiger charge is -2.31. The first-order chi connectivity index (χ1) is 12.7. The Bertz CT molecular complexity index is 781. The van der Waals surface area contributed by atoms with E-state index in [0.717, 1.165) is 48.3 Å². The number of benzene rings is 2. The van der Waals surface area contributed by atoms with Crippen molar-refractivity contribution in [3.8, 4) is 11.5 Å². The zero-order valence-electron chi connectivity index (χ0n) is 15.2. The number of rotatable bonds is 4. The lowest BCUT2D eigenvalue weighted by molar-refractivity contribution is -0.127. The van der Waals surface area contributed by atoms with Gasteiger partial charge in [0.1, 0.15) is 13.2 Å². The Labute approximate surface area is 154 Å². The highest BCUT2D eigenvalue weighted by Crippen LogP contribution is 2.44. The maximum atomic E-state index is 13.3. The number of hydrogen-bond acceptors (Lipinski definition) is 3. The molecular formula is C22H25NO3. The Kier molecular flexibility index (Phi) is 4.58. The summed E-state index contributed by atoms with van der Waals surface area (Å²) in [7, 11) is 0. The molecule has 1 aliphatic heterocycles. The molecule has 1 amide bonds. The molecule has 4 heteroatoms. The lowest BCUT2D eigenvalue weighted by atomic mass is 9.77. The Morgan fingerprint density at radius 2 is 1.69 bits per heavy atom. The highest BCUT2D eigenvalue weighted by atomic mass is 16.6. The van der Waals surface area contributed by atoms with Crippen molar-refractivity contribution >= 4 is 5.91 Å². The zero-order valence-corrected chi connectivity index (χ0v) is 15.2. The Morgan fingerprint density at radius 1 is 1.00 bits per heavy atom. The summed E-state index contributed by atoms with van der Waals surface area (Å²) in [4.78, 5) is 13.3. The number of ether oxygens (including phenoxy) is 2. The molecule has 4 nitrogen and oxygen atoms in total. The fraction of sp³-hybridized carbons (Fsp3) is 0.409. The first-order valence-electron chi connectivity index (χ1n) is 9.45. The van der Waals surface area contributed by atoms with Crippen LogP contribution in [0.4, 0.5) is 0 Å². The van der Waals surface area contributed by atoms with Gasteiger partial charge in [0.15, 0.2) is 11.5 Å². The van der Waals surface area contributed by atoms with E-state index in [1.54, 1.807) is 0 Å². The molecule has 0 aromatic heterocycles. The van der Waals surface area contributed by atoms with Gasteiger partial charge in [-0.05, 0) is 43.0 Å². The molecule has 0 radical (unpaired) electrons. The number of amides is 1. The van der Waals surface area contributed by atoms with E-state index in [0.29, 0.717) is 13.2 Å². The van der Waals surface area contributed by atoms with Gasteiger partial charge in [0, 0.05) is 0 Å². The maximum absolute atomic E-state index is 13.3. The summed E-state index contributed by atoms with van der Waals surface area (Å²) in [5, 5.41) is 3.25. The van der Waals surface area contributed by atoms with Crippen LogP contribution in [0.3, 0.4) is 0 Å². The summed E-state index contributed by atoms with van der Waals surface area (Å²) in [5.41, 5.74) is 1.69. The van der Waals surface area contributed by atoms with E-state index in [-0.39, 0.29) is 11.9 Å². The van der Waals surface area contributed by atoms with Crippen molar-refractivity contribution in [2.24, 2.45) is 0 Å². The monoisotopic (exact) mass is 351 g/mol. The molecule has 1 saturated carbocycles. The van der Waals surface area contributed by atoms with Crippen molar-refractivity contribution < 1.29 is 14.3 Å². The molecule has 2 aromatic rings. The first-order valence-corrected chi connectivity index (χ1v) is 9.45. The molecule has 0 spiro atoms. The predicted molar refractivity (Wildman–Crippen MR) is 101 cm³/mol. The average molecular weight is 351 g/mol. The van der Waals surface area contributed by atoms with Crippen LogP contribution in [0.1, 0.15) is 49.8 Å². The van der Waals surface area contributed by atoms with Crippen molar-refractivity contribution in [2.75, 3.05) is 13.2 Å². The van der Waals surface area contributed by atoms with Crippen molar-refractivity contribution in [3.05, 3.63) is 59.7 Å². The van der Waals surface area contributed by atoms with E-state index in [1.807, 2.05) is 43.3 Å². The minimum Gasteiger partial charge on any atom is -0.486 e. The largest absolute Gasteiger partial charge is 0.486 e. The van der Waals surface area contributed by atoms with E-state index in [2.05, 4.69) is 17.4 Å². The Morgan fingerprint density at radius 3 is 2.42 bits per heavy atom. The average Bonchev–Trinajstić information content (AvgIpc) is 3.19. The minimum atomic E-state index is -0.473. The van der Waals surface area contributed by atoms with Gasteiger partial charge in [-0.1, -0.05) is 49.2 Å². The van der Waals surface area contributed by atoms with Gasteiger partial charge in [-0.2, -0.15) is 0 Å². The van der Waals surface area contributed by atoms with Gasteiger partial charge in [0.25, 0.3) is 0 Å². The topological polar surface area (TPSA) is 47.6 Å². The van der Waals surface area contributed by atoms with Crippen molar-refractivity contribution in [1.82, 2.24) is 5.32 Å². The molecule has 0 saturated heterocycles. The molecule has 1 heterocycles. The molecule has 136 valence electrons. The molecule has 1 fully saturated rings. The third-order valence-corrected chi connectivity index (χ3v) is 5.63. The van der Waals surface area contributed by atoms with E-state index in [4.69, 9.17) is 9.47 Å². The minimum absolute atomic E-state index is 0.0154. The third-order valence-electron chi connectivity index (χ3n) is 5.63. The fourth-order valence-electron chi connectivity index (χ4n) is 4.13. The van der Waals surface area contributed by atoms with Crippen molar-refractivity contribution in [1.29, 1.82) is 0 Å². The smallest absolute Gasteiger partial charge is 0.231 e. The fourth-order valence-corrected chi connectivity index (χ4v) is 4.13. The van der Waals surface area contributed by atoms with Crippen LogP contribution in [-0.2, 0) is 10.2 Å². The van der Waals surface area contributed by atoms with E-state index in [9.17, 15) is 4.79 Å². The number of carbonyl (C=O) groups is 1. The number of hydrogen-bond donors (Lipinski definition) is 1. The normalized spacial score (nSPS) is 19.0. The molecule has 2 aromatic carbocycles. The van der Waals surface area contributed by atoms with Gasteiger partial charge >= 0.3 is 0 Å². The first kappa shape index (κ1) is 17.0. The second-order valence-corrected chi connectivity index (χ2v) is 7.25. The molecule has 1 atom stereocenters. The Balaban J connectivity index is 1.61. The Hall–Kier alpha value is -2.49. The summed E-state index contributed by atoms with van der Waals surface area (Å²) < 4.78 is 11.4. The van der Waals surface area contributed by atoms with Gasteiger partial charge in [-0.15, -0.1) is 0 Å². The SMILES string of the molecule is C[C@@H](NC(=O)C1(c2ccc3c(c2)OCCO3)CCCC1)c1ccccc1. The molecule has 0 unspecified atom stereocenters. The van der Waals surface area contributed by atoms with Crippen molar-refractivity contribution in [2.45, 2.75) is 44.1 Å². The summed E-state index contributed by atoms with van der Waals surface area (Å²) in [6.45, 7) is 3.17. The molecule has 1 aliphatic carbocycles.